The third-order valence-corrected chi connectivity index (χ3v) is 4.07. The summed E-state index contributed by atoms with van der Waals surface area (Å²) in [5, 5.41) is 4.68. The Labute approximate surface area is 95.8 Å². The van der Waals surface area contributed by atoms with E-state index in [0.717, 1.165) is 11.6 Å². The highest BCUT2D eigenvalue weighted by Crippen LogP contribution is 2.21. The zero-order valence-electron chi connectivity index (χ0n) is 9.36. The Morgan fingerprint density at radius 1 is 1.53 bits per heavy atom. The van der Waals surface area contributed by atoms with Crippen LogP contribution in [0.15, 0.2) is 4.99 Å². The minimum absolute atomic E-state index is 0.126. The standard InChI is InChI=1S/C9H18N2O2S2/c1-7-6-8(2)14-9(11-7)10-4-5-15(3,12)13/h7-8H,4-6H2,1-3H3,(H,10,11). The van der Waals surface area contributed by atoms with E-state index in [-0.39, 0.29) is 5.75 Å². The molecular formula is C9H18N2O2S2. The number of sulfone groups is 1. The number of hydrogen-bond acceptors (Lipinski definition) is 4. The van der Waals surface area contributed by atoms with Gasteiger partial charge >= 0.3 is 0 Å². The van der Waals surface area contributed by atoms with Gasteiger partial charge in [0.2, 0.25) is 0 Å². The molecule has 0 saturated carbocycles. The van der Waals surface area contributed by atoms with Gasteiger partial charge in [-0.2, -0.15) is 0 Å². The molecule has 2 unspecified atom stereocenters. The van der Waals surface area contributed by atoms with E-state index in [1.165, 1.54) is 6.26 Å². The lowest BCUT2D eigenvalue weighted by Gasteiger charge is -2.26. The third-order valence-electron chi connectivity index (χ3n) is 2.09. The number of amidine groups is 1. The Kier molecular flexibility index (Phi) is 4.45. The summed E-state index contributed by atoms with van der Waals surface area (Å²) in [4.78, 5) is 4.26. The zero-order chi connectivity index (χ0) is 11.5. The number of nitrogens with zero attached hydrogens (tertiary/aromatic N) is 1. The maximum atomic E-state index is 10.9. The highest BCUT2D eigenvalue weighted by atomic mass is 32.2. The van der Waals surface area contributed by atoms with Gasteiger partial charge in [-0.05, 0) is 13.3 Å². The summed E-state index contributed by atoms with van der Waals surface area (Å²) in [6.07, 6.45) is 2.36. The molecule has 0 aromatic heterocycles. The second-order valence-electron chi connectivity index (χ2n) is 4.03. The Morgan fingerprint density at radius 2 is 2.20 bits per heavy atom. The first kappa shape index (κ1) is 12.8. The molecule has 1 aliphatic heterocycles. The monoisotopic (exact) mass is 250 g/mol. The molecular weight excluding hydrogens is 232 g/mol. The lowest BCUT2D eigenvalue weighted by molar-refractivity contribution is 0.596. The molecule has 0 aromatic rings. The molecule has 0 radical (unpaired) electrons. The van der Waals surface area contributed by atoms with Gasteiger partial charge in [0.05, 0.1) is 12.3 Å². The molecule has 0 spiro atoms. The molecule has 1 saturated heterocycles. The number of hydrogen-bond donors (Lipinski definition) is 1. The smallest absolute Gasteiger partial charge is 0.157 e. The van der Waals surface area contributed by atoms with Gasteiger partial charge in [0.15, 0.2) is 5.17 Å². The fraction of sp³-hybridized carbons (Fsp3) is 0.889. The van der Waals surface area contributed by atoms with Crippen LogP contribution in [0.3, 0.4) is 0 Å². The average molecular weight is 250 g/mol. The maximum Gasteiger partial charge on any atom is 0.157 e. The lowest BCUT2D eigenvalue weighted by Crippen LogP contribution is -2.38. The van der Waals surface area contributed by atoms with Crippen molar-refractivity contribution in [1.82, 2.24) is 5.32 Å². The Balaban J connectivity index is 2.45. The Bertz CT molecular complexity index is 326. The van der Waals surface area contributed by atoms with Crippen molar-refractivity contribution in [3.63, 3.8) is 0 Å². The predicted octanol–water partition coefficient (Wildman–Crippen LogP) is 0.891. The van der Waals surface area contributed by atoms with Crippen LogP contribution in [0.25, 0.3) is 0 Å². The summed E-state index contributed by atoms with van der Waals surface area (Å²) >= 11 is 1.68. The average Bonchev–Trinajstić information content (AvgIpc) is 1.99. The van der Waals surface area contributed by atoms with E-state index in [1.807, 2.05) is 0 Å². The van der Waals surface area contributed by atoms with Crippen molar-refractivity contribution >= 4 is 26.8 Å². The molecule has 1 rings (SSSR count). The summed E-state index contributed by atoms with van der Waals surface area (Å²) in [7, 11) is -2.90. The van der Waals surface area contributed by atoms with Crippen LogP contribution in [-0.2, 0) is 9.84 Å². The molecule has 4 nitrogen and oxygen atoms in total. The van der Waals surface area contributed by atoms with Crippen molar-refractivity contribution in [2.75, 3.05) is 18.6 Å². The molecule has 0 aromatic carbocycles. The number of thioether (sulfide) groups is 1. The first-order valence-corrected chi connectivity index (χ1v) is 7.96. The second kappa shape index (κ2) is 5.21. The molecule has 1 heterocycles. The van der Waals surface area contributed by atoms with Crippen LogP contribution >= 0.6 is 11.8 Å². The van der Waals surface area contributed by atoms with Crippen molar-refractivity contribution in [2.24, 2.45) is 4.99 Å². The topological polar surface area (TPSA) is 58.5 Å². The summed E-state index contributed by atoms with van der Waals surface area (Å²) in [5.74, 6) is 0.126. The molecule has 15 heavy (non-hydrogen) atoms. The fourth-order valence-electron chi connectivity index (χ4n) is 1.44. The summed E-state index contributed by atoms with van der Waals surface area (Å²) < 4.78 is 21.8. The van der Waals surface area contributed by atoms with Crippen molar-refractivity contribution in [1.29, 1.82) is 0 Å². The van der Waals surface area contributed by atoms with Crippen molar-refractivity contribution < 1.29 is 8.42 Å². The molecule has 0 amide bonds. The van der Waals surface area contributed by atoms with Crippen LogP contribution < -0.4 is 5.32 Å². The van der Waals surface area contributed by atoms with Gasteiger partial charge < -0.3 is 5.32 Å². The molecule has 0 bridgehead atoms. The summed E-state index contributed by atoms with van der Waals surface area (Å²) in [5.41, 5.74) is 0. The van der Waals surface area contributed by atoms with E-state index < -0.39 is 9.84 Å². The fourth-order valence-corrected chi connectivity index (χ4v) is 3.06. The van der Waals surface area contributed by atoms with E-state index >= 15 is 0 Å². The highest BCUT2D eigenvalue weighted by Gasteiger charge is 2.19. The van der Waals surface area contributed by atoms with E-state index in [0.29, 0.717) is 17.8 Å². The van der Waals surface area contributed by atoms with Gasteiger partial charge in [0, 0.05) is 17.5 Å². The molecule has 88 valence electrons. The third kappa shape index (κ3) is 5.41. The predicted molar refractivity (Wildman–Crippen MR) is 66.3 cm³/mol. The molecule has 1 N–H and O–H groups in total. The number of aliphatic imine (C=N–C) groups is 1. The van der Waals surface area contributed by atoms with Gasteiger partial charge in [0.1, 0.15) is 9.84 Å². The molecule has 2 atom stereocenters. The minimum Gasteiger partial charge on any atom is -0.362 e. The summed E-state index contributed by atoms with van der Waals surface area (Å²) in [6.45, 7) is 4.63. The highest BCUT2D eigenvalue weighted by molar-refractivity contribution is 8.14. The van der Waals surface area contributed by atoms with Gasteiger partial charge in [0.25, 0.3) is 0 Å². The summed E-state index contributed by atoms with van der Waals surface area (Å²) in [6, 6.07) is 0.429. The molecule has 6 heteroatoms. The van der Waals surface area contributed by atoms with E-state index in [9.17, 15) is 8.42 Å². The van der Waals surface area contributed by atoms with Gasteiger partial charge in [-0.1, -0.05) is 18.7 Å². The van der Waals surface area contributed by atoms with E-state index in [1.54, 1.807) is 11.8 Å². The second-order valence-corrected chi connectivity index (χ2v) is 7.71. The van der Waals surface area contributed by atoms with Crippen molar-refractivity contribution in [2.45, 2.75) is 31.6 Å². The number of rotatable bonds is 3. The first-order chi connectivity index (χ1) is 6.87. The number of nitrogens with one attached hydrogen (secondary N) is 1. The van der Waals surface area contributed by atoms with Crippen LogP contribution in [-0.4, -0.2) is 43.4 Å². The van der Waals surface area contributed by atoms with Crippen LogP contribution in [0.5, 0.6) is 0 Å². The quantitative estimate of drug-likeness (QED) is 0.808. The maximum absolute atomic E-state index is 10.9. The van der Waals surface area contributed by atoms with E-state index in [4.69, 9.17) is 0 Å². The zero-order valence-corrected chi connectivity index (χ0v) is 11.0. The molecule has 0 aliphatic carbocycles. The van der Waals surface area contributed by atoms with Crippen molar-refractivity contribution in [3.05, 3.63) is 0 Å². The van der Waals surface area contributed by atoms with Crippen LogP contribution in [0.1, 0.15) is 20.3 Å². The van der Waals surface area contributed by atoms with Gasteiger partial charge in [-0.3, -0.25) is 4.99 Å². The first-order valence-electron chi connectivity index (χ1n) is 5.02. The van der Waals surface area contributed by atoms with Crippen LogP contribution in [0.2, 0.25) is 0 Å². The lowest BCUT2D eigenvalue weighted by atomic mass is 10.2. The molecule has 1 fully saturated rings. The van der Waals surface area contributed by atoms with Crippen molar-refractivity contribution in [3.8, 4) is 0 Å². The van der Waals surface area contributed by atoms with Gasteiger partial charge in [-0.25, -0.2) is 8.42 Å². The Morgan fingerprint density at radius 3 is 2.73 bits per heavy atom. The Hall–Kier alpha value is -0.230. The SMILES string of the molecule is CC1CC(C)SC(=NCCS(C)(=O)=O)N1. The minimum atomic E-state index is -2.90. The van der Waals surface area contributed by atoms with Gasteiger partial charge in [-0.15, -0.1) is 0 Å². The largest absolute Gasteiger partial charge is 0.362 e. The van der Waals surface area contributed by atoms with Crippen LogP contribution in [0, 0.1) is 0 Å². The van der Waals surface area contributed by atoms with E-state index in [2.05, 4.69) is 24.2 Å². The molecule has 1 aliphatic rings. The van der Waals surface area contributed by atoms with Crippen LogP contribution in [0.4, 0.5) is 0 Å². The normalized spacial score (nSPS) is 30.2.